The summed E-state index contributed by atoms with van der Waals surface area (Å²) in [6.45, 7) is 7.40. The molecule has 1 amide bonds. The zero-order valence-corrected chi connectivity index (χ0v) is 11.4. The summed E-state index contributed by atoms with van der Waals surface area (Å²) in [5.74, 6) is -1.44. The molecule has 1 N–H and O–H groups in total. The molecule has 0 bridgehead atoms. The summed E-state index contributed by atoms with van der Waals surface area (Å²) in [5, 5.41) is 9.19. The molecule has 0 aromatic carbocycles. The fraction of sp³-hybridized carbons (Fsp3) is 0.714. The fourth-order valence-electron chi connectivity index (χ4n) is 2.41. The van der Waals surface area contributed by atoms with Gasteiger partial charge in [-0.3, -0.25) is 9.59 Å². The van der Waals surface area contributed by atoms with Gasteiger partial charge in [0.15, 0.2) is 0 Å². The molecule has 1 rings (SSSR count). The molecular weight excluding hydrogens is 230 g/mol. The van der Waals surface area contributed by atoms with Crippen LogP contribution in [0.4, 0.5) is 0 Å². The van der Waals surface area contributed by atoms with Crippen molar-refractivity contribution >= 4 is 11.9 Å². The average Bonchev–Trinajstić information content (AvgIpc) is 2.34. The zero-order valence-electron chi connectivity index (χ0n) is 11.4. The monoisotopic (exact) mass is 253 g/mol. The molecule has 2 unspecified atom stereocenters. The topological polar surface area (TPSA) is 57.6 Å². The minimum Gasteiger partial charge on any atom is -0.481 e. The largest absolute Gasteiger partial charge is 0.481 e. The predicted molar refractivity (Wildman–Crippen MR) is 70.1 cm³/mol. The number of carboxylic acids is 1. The second-order valence-electron chi connectivity index (χ2n) is 5.26. The van der Waals surface area contributed by atoms with E-state index in [2.05, 4.69) is 13.8 Å². The smallest absolute Gasteiger partial charge is 0.307 e. The van der Waals surface area contributed by atoms with Gasteiger partial charge in [0.1, 0.15) is 0 Å². The first-order valence-corrected chi connectivity index (χ1v) is 6.63. The number of hydrogen-bond donors (Lipinski definition) is 1. The third kappa shape index (κ3) is 3.59. The standard InChI is InChI=1S/C14H23NO3/c1-4-15(9-10(2)3)13(16)11-7-5-6-8-12(11)14(17)18/h5-6,10-12H,4,7-9H2,1-3H3,(H,17,18). The molecule has 0 saturated carbocycles. The van der Waals surface area contributed by atoms with Crippen LogP contribution in [0.25, 0.3) is 0 Å². The lowest BCUT2D eigenvalue weighted by atomic mass is 9.82. The minimum absolute atomic E-state index is 0.0112. The quantitative estimate of drug-likeness (QED) is 0.764. The summed E-state index contributed by atoms with van der Waals surface area (Å²) >= 11 is 0. The number of carbonyl (C=O) groups is 2. The molecule has 0 fully saturated rings. The van der Waals surface area contributed by atoms with Gasteiger partial charge in [-0.2, -0.15) is 0 Å². The van der Waals surface area contributed by atoms with Crippen molar-refractivity contribution in [3.8, 4) is 0 Å². The highest BCUT2D eigenvalue weighted by Crippen LogP contribution is 2.27. The number of hydrogen-bond acceptors (Lipinski definition) is 2. The Balaban J connectivity index is 2.79. The van der Waals surface area contributed by atoms with Crippen LogP contribution in [0.2, 0.25) is 0 Å². The Kier molecular flexibility index (Phi) is 5.38. The maximum absolute atomic E-state index is 12.4. The Morgan fingerprint density at radius 2 is 1.83 bits per heavy atom. The van der Waals surface area contributed by atoms with Gasteiger partial charge in [0.2, 0.25) is 5.91 Å². The Bertz CT molecular complexity index is 336. The third-order valence-electron chi connectivity index (χ3n) is 3.35. The molecule has 0 saturated heterocycles. The molecular formula is C14H23NO3. The second kappa shape index (κ2) is 6.57. The lowest BCUT2D eigenvalue weighted by Crippen LogP contribution is -2.43. The van der Waals surface area contributed by atoms with Crippen LogP contribution in [0, 0.1) is 17.8 Å². The van der Waals surface area contributed by atoms with Gasteiger partial charge in [-0.05, 0) is 25.7 Å². The van der Waals surface area contributed by atoms with Crippen molar-refractivity contribution in [2.75, 3.05) is 13.1 Å². The SMILES string of the molecule is CCN(CC(C)C)C(=O)C1CC=CCC1C(=O)O. The number of nitrogens with zero attached hydrogens (tertiary/aromatic N) is 1. The van der Waals surface area contributed by atoms with Crippen LogP contribution in [0.5, 0.6) is 0 Å². The van der Waals surface area contributed by atoms with E-state index in [-0.39, 0.29) is 5.91 Å². The molecule has 2 atom stereocenters. The Labute approximate surface area is 109 Å². The normalized spacial score (nSPS) is 23.1. The van der Waals surface area contributed by atoms with E-state index in [0.29, 0.717) is 31.8 Å². The number of carboxylic acid groups (broad SMARTS) is 1. The molecule has 18 heavy (non-hydrogen) atoms. The van der Waals surface area contributed by atoms with Gasteiger partial charge < -0.3 is 10.0 Å². The number of amides is 1. The van der Waals surface area contributed by atoms with E-state index < -0.39 is 17.8 Å². The molecule has 0 radical (unpaired) electrons. The number of rotatable bonds is 5. The van der Waals surface area contributed by atoms with E-state index in [1.807, 2.05) is 19.1 Å². The lowest BCUT2D eigenvalue weighted by molar-refractivity contribution is -0.150. The van der Waals surface area contributed by atoms with Crippen LogP contribution in [0.15, 0.2) is 12.2 Å². The number of aliphatic carboxylic acids is 1. The molecule has 0 aliphatic heterocycles. The van der Waals surface area contributed by atoms with Crippen molar-refractivity contribution in [3.05, 3.63) is 12.2 Å². The summed E-state index contributed by atoms with van der Waals surface area (Å²) in [5.41, 5.74) is 0. The summed E-state index contributed by atoms with van der Waals surface area (Å²) < 4.78 is 0. The molecule has 0 spiro atoms. The first kappa shape index (κ1) is 14.7. The van der Waals surface area contributed by atoms with E-state index >= 15 is 0 Å². The first-order valence-electron chi connectivity index (χ1n) is 6.63. The van der Waals surface area contributed by atoms with Gasteiger partial charge in [-0.25, -0.2) is 0 Å². The molecule has 0 heterocycles. The highest BCUT2D eigenvalue weighted by atomic mass is 16.4. The van der Waals surface area contributed by atoms with E-state index in [1.54, 1.807) is 4.90 Å². The molecule has 4 heteroatoms. The van der Waals surface area contributed by atoms with Crippen molar-refractivity contribution in [2.24, 2.45) is 17.8 Å². The van der Waals surface area contributed by atoms with Crippen LogP contribution in [-0.2, 0) is 9.59 Å². The minimum atomic E-state index is -0.863. The first-order chi connectivity index (χ1) is 8.47. The second-order valence-corrected chi connectivity index (χ2v) is 5.26. The fourth-order valence-corrected chi connectivity index (χ4v) is 2.41. The number of carbonyl (C=O) groups excluding carboxylic acids is 1. The van der Waals surface area contributed by atoms with Crippen LogP contribution in [-0.4, -0.2) is 35.0 Å². The molecule has 1 aliphatic rings. The van der Waals surface area contributed by atoms with Gasteiger partial charge >= 0.3 is 5.97 Å². The van der Waals surface area contributed by atoms with E-state index in [9.17, 15) is 14.7 Å². The summed E-state index contributed by atoms with van der Waals surface area (Å²) in [6.07, 6.45) is 4.79. The van der Waals surface area contributed by atoms with E-state index in [0.717, 1.165) is 0 Å². The summed E-state index contributed by atoms with van der Waals surface area (Å²) in [7, 11) is 0. The molecule has 0 aromatic rings. The van der Waals surface area contributed by atoms with Gasteiger partial charge in [0, 0.05) is 13.1 Å². The van der Waals surface area contributed by atoms with Crippen molar-refractivity contribution in [1.29, 1.82) is 0 Å². The predicted octanol–water partition coefficient (Wildman–Crippen LogP) is 2.16. The van der Waals surface area contributed by atoms with Gasteiger partial charge in [-0.1, -0.05) is 26.0 Å². The van der Waals surface area contributed by atoms with Crippen molar-refractivity contribution in [2.45, 2.75) is 33.6 Å². The Hall–Kier alpha value is -1.32. The van der Waals surface area contributed by atoms with E-state index in [4.69, 9.17) is 0 Å². The van der Waals surface area contributed by atoms with Gasteiger partial charge in [-0.15, -0.1) is 0 Å². The summed E-state index contributed by atoms with van der Waals surface area (Å²) in [4.78, 5) is 25.4. The highest BCUT2D eigenvalue weighted by molar-refractivity contribution is 5.85. The molecule has 4 nitrogen and oxygen atoms in total. The van der Waals surface area contributed by atoms with Crippen molar-refractivity contribution in [1.82, 2.24) is 4.90 Å². The van der Waals surface area contributed by atoms with Gasteiger partial charge in [0.25, 0.3) is 0 Å². The molecule has 1 aliphatic carbocycles. The van der Waals surface area contributed by atoms with E-state index in [1.165, 1.54) is 0 Å². The maximum atomic E-state index is 12.4. The Morgan fingerprint density at radius 1 is 1.28 bits per heavy atom. The zero-order chi connectivity index (χ0) is 13.7. The van der Waals surface area contributed by atoms with Crippen LogP contribution in [0.1, 0.15) is 33.6 Å². The Morgan fingerprint density at radius 3 is 2.28 bits per heavy atom. The average molecular weight is 253 g/mol. The lowest BCUT2D eigenvalue weighted by Gasteiger charge is -2.31. The molecule has 0 aromatic heterocycles. The maximum Gasteiger partial charge on any atom is 0.307 e. The summed E-state index contributed by atoms with van der Waals surface area (Å²) in [6, 6.07) is 0. The van der Waals surface area contributed by atoms with Crippen LogP contribution < -0.4 is 0 Å². The van der Waals surface area contributed by atoms with Crippen molar-refractivity contribution < 1.29 is 14.7 Å². The van der Waals surface area contributed by atoms with Crippen LogP contribution in [0.3, 0.4) is 0 Å². The van der Waals surface area contributed by atoms with Gasteiger partial charge in [0.05, 0.1) is 11.8 Å². The van der Waals surface area contributed by atoms with Crippen LogP contribution >= 0.6 is 0 Å². The van der Waals surface area contributed by atoms with Crippen molar-refractivity contribution in [3.63, 3.8) is 0 Å². The third-order valence-corrected chi connectivity index (χ3v) is 3.35. The number of allylic oxidation sites excluding steroid dienone is 2. The molecule has 102 valence electrons. The highest BCUT2D eigenvalue weighted by Gasteiger charge is 2.35.